The molecule has 0 saturated carbocycles. The van der Waals surface area contributed by atoms with Crippen LogP contribution in [0.4, 0.5) is 5.69 Å². The fourth-order valence-corrected chi connectivity index (χ4v) is 7.83. The Kier molecular flexibility index (Phi) is 11.1. The van der Waals surface area contributed by atoms with Gasteiger partial charge in [0, 0.05) is 53.7 Å². The zero-order chi connectivity index (χ0) is 39.0. The summed E-state index contributed by atoms with van der Waals surface area (Å²) in [6.07, 6.45) is 2.30. The second-order valence-corrected chi connectivity index (χ2v) is 15.7. The second kappa shape index (κ2) is 15.0. The van der Waals surface area contributed by atoms with E-state index in [9.17, 15) is 29.3 Å². The van der Waals surface area contributed by atoms with Gasteiger partial charge in [0.15, 0.2) is 6.04 Å². The Hall–Kier alpha value is -5.19. The molecular formula is C37H42N4O11S. The summed E-state index contributed by atoms with van der Waals surface area (Å²) < 4.78 is 39.4. The van der Waals surface area contributed by atoms with Crippen molar-refractivity contribution in [2.24, 2.45) is 23.5 Å². The van der Waals surface area contributed by atoms with Crippen molar-refractivity contribution >= 4 is 50.3 Å². The number of carbonyl (C=O) groups is 4. The average Bonchev–Trinajstić information content (AvgIpc) is 3.57. The van der Waals surface area contributed by atoms with Crippen molar-refractivity contribution in [2.45, 2.75) is 52.2 Å². The highest BCUT2D eigenvalue weighted by Gasteiger charge is 2.59. The standard InChI is InChI=1S/C36H38N4O8.CH4O3S/c1-20(2)30-31-21(3)27(32(38(31)34(30)42)36(44)48-35(43)22-13-15-24(16-14-22)39(45)46)19-47-29-12-6-9-25-23(8-5-10-26(25)29)18-40(4)17-7-11-28(40)33(37)41;1-5(2,3)4/h5-6,8-10,12-16,20-21,28,30-31H,7,11,17-19H2,1-4H3,(H-,37,41);1H3,(H,2,3,4)/t21-,28+,30+,31+,40?;/m0./s1. The molecule has 0 spiro atoms. The second-order valence-electron chi connectivity index (χ2n) is 14.3. The van der Waals surface area contributed by atoms with Gasteiger partial charge in [-0.05, 0) is 29.5 Å². The lowest BCUT2D eigenvalue weighted by molar-refractivity contribution is -0.925. The van der Waals surface area contributed by atoms with Gasteiger partial charge in [-0.2, -0.15) is 0 Å². The van der Waals surface area contributed by atoms with E-state index < -0.39 is 27.0 Å². The number of rotatable bonds is 10. The Morgan fingerprint density at radius 3 is 2.26 bits per heavy atom. The maximum atomic E-state index is 13.6. The molecule has 16 heteroatoms. The highest BCUT2D eigenvalue weighted by Crippen LogP contribution is 2.49. The van der Waals surface area contributed by atoms with Crippen LogP contribution in [0.25, 0.3) is 10.8 Å². The number of nitro benzene ring substituents is 1. The number of ether oxygens (including phenoxy) is 2. The number of amides is 2. The lowest BCUT2D eigenvalue weighted by Crippen LogP contribution is -2.62. The molecule has 2 fully saturated rings. The average molecular weight is 751 g/mol. The summed E-state index contributed by atoms with van der Waals surface area (Å²) in [6.45, 7) is 7.31. The van der Waals surface area contributed by atoms with Crippen LogP contribution in [-0.4, -0.2) is 89.6 Å². The number of hydrogen-bond acceptors (Lipinski definition) is 11. The third-order valence-corrected chi connectivity index (χ3v) is 10.3. The minimum atomic E-state index is -3.92. The van der Waals surface area contributed by atoms with Gasteiger partial charge in [-0.15, -0.1) is 0 Å². The largest absolute Gasteiger partial charge is 0.748 e. The van der Waals surface area contributed by atoms with E-state index in [0.29, 0.717) is 28.6 Å². The minimum absolute atomic E-state index is 0.00506. The number of β-lactam (4-membered cyclic amide) rings is 1. The number of fused-ring (bicyclic) bond motifs is 2. The molecule has 0 radical (unpaired) electrons. The molecule has 53 heavy (non-hydrogen) atoms. The number of likely N-dealkylation sites (tertiary alicyclic amines) is 1. The molecule has 5 atom stereocenters. The summed E-state index contributed by atoms with van der Waals surface area (Å²) in [4.78, 5) is 63.9. The predicted molar refractivity (Wildman–Crippen MR) is 191 cm³/mol. The van der Waals surface area contributed by atoms with Gasteiger partial charge in [0.2, 0.25) is 5.91 Å². The quantitative estimate of drug-likeness (QED) is 0.0600. The summed E-state index contributed by atoms with van der Waals surface area (Å²) in [6, 6.07) is 15.9. The Morgan fingerprint density at radius 2 is 1.66 bits per heavy atom. The van der Waals surface area contributed by atoms with Gasteiger partial charge in [-0.1, -0.05) is 51.1 Å². The minimum Gasteiger partial charge on any atom is -0.748 e. The van der Waals surface area contributed by atoms with Gasteiger partial charge < -0.3 is 29.1 Å². The molecule has 0 aromatic heterocycles. The number of non-ortho nitro benzene ring substituents is 1. The van der Waals surface area contributed by atoms with Gasteiger partial charge in [-0.25, -0.2) is 18.0 Å². The van der Waals surface area contributed by atoms with Crippen LogP contribution >= 0.6 is 0 Å². The van der Waals surface area contributed by atoms with Crippen LogP contribution < -0.4 is 10.5 Å². The third kappa shape index (κ3) is 8.09. The van der Waals surface area contributed by atoms with E-state index in [1.54, 1.807) is 0 Å². The predicted octanol–water partition coefficient (Wildman–Crippen LogP) is 3.65. The highest BCUT2D eigenvalue weighted by molar-refractivity contribution is 7.84. The monoisotopic (exact) mass is 750 g/mol. The number of primary amides is 1. The molecule has 282 valence electrons. The van der Waals surface area contributed by atoms with Crippen molar-refractivity contribution in [2.75, 3.05) is 26.5 Å². The normalized spacial score (nSPS) is 23.6. The molecule has 2 saturated heterocycles. The lowest BCUT2D eigenvalue weighted by atomic mass is 9.74. The number of hydrogen-bond donors (Lipinski definition) is 1. The fraction of sp³-hybridized carbons (Fsp3) is 0.405. The molecule has 2 amide bonds. The molecule has 3 aliphatic rings. The Bertz CT molecular complexity index is 2110. The smallest absolute Gasteiger partial charge is 0.363 e. The molecule has 3 aliphatic heterocycles. The first kappa shape index (κ1) is 39.0. The topological polar surface area (TPSA) is 216 Å². The summed E-state index contributed by atoms with van der Waals surface area (Å²) in [5, 5.41) is 12.9. The Labute approximate surface area is 306 Å². The lowest BCUT2D eigenvalue weighted by Gasteiger charge is -2.47. The van der Waals surface area contributed by atoms with Gasteiger partial charge in [0.05, 0.1) is 46.2 Å². The van der Waals surface area contributed by atoms with E-state index in [1.807, 2.05) is 57.2 Å². The van der Waals surface area contributed by atoms with Crippen molar-refractivity contribution in [1.29, 1.82) is 0 Å². The summed E-state index contributed by atoms with van der Waals surface area (Å²) >= 11 is 0. The summed E-state index contributed by atoms with van der Waals surface area (Å²) in [7, 11) is -1.85. The number of esters is 2. The molecule has 2 N–H and O–H groups in total. The first-order chi connectivity index (χ1) is 24.8. The molecule has 3 aromatic carbocycles. The van der Waals surface area contributed by atoms with Crippen molar-refractivity contribution < 1.29 is 51.0 Å². The molecule has 3 heterocycles. The van der Waals surface area contributed by atoms with Crippen LogP contribution in [0.1, 0.15) is 49.5 Å². The molecule has 0 aliphatic carbocycles. The van der Waals surface area contributed by atoms with Gasteiger partial charge in [-0.3, -0.25) is 19.7 Å². The molecular weight excluding hydrogens is 708 g/mol. The highest BCUT2D eigenvalue weighted by atomic mass is 32.2. The zero-order valence-electron chi connectivity index (χ0n) is 30.0. The van der Waals surface area contributed by atoms with E-state index in [0.717, 1.165) is 47.9 Å². The first-order valence-electron chi connectivity index (χ1n) is 17.1. The van der Waals surface area contributed by atoms with Crippen molar-refractivity contribution in [3.63, 3.8) is 0 Å². The number of nitro groups is 1. The van der Waals surface area contributed by atoms with Crippen LogP contribution in [0.2, 0.25) is 0 Å². The van der Waals surface area contributed by atoms with Crippen molar-refractivity contribution in [1.82, 2.24) is 4.90 Å². The van der Waals surface area contributed by atoms with Gasteiger partial charge in [0.25, 0.3) is 11.6 Å². The number of quaternary nitrogens is 1. The number of likely N-dealkylation sites (N-methyl/N-ethyl adjacent to an activating group) is 1. The first-order valence-corrected chi connectivity index (χ1v) is 18.9. The summed E-state index contributed by atoms with van der Waals surface area (Å²) in [5.41, 5.74) is 7.11. The van der Waals surface area contributed by atoms with Gasteiger partial charge in [0.1, 0.15) is 24.6 Å². The molecule has 1 unspecified atom stereocenters. The van der Waals surface area contributed by atoms with E-state index in [1.165, 1.54) is 17.0 Å². The van der Waals surface area contributed by atoms with Crippen LogP contribution in [0.15, 0.2) is 71.9 Å². The SMILES string of the molecule is CC(C)[C@H]1C(=O)N2C(C(=O)OC(=O)c3ccc([N+](=O)[O-])cc3)=C(COc3cccc4c(C[N+]5(C)CCC[C@@H]5C(N)=O)cccc34)[C@H](C)[C@H]12.CS(=O)(=O)[O-]. The zero-order valence-corrected chi connectivity index (χ0v) is 30.8. The van der Waals surface area contributed by atoms with Crippen molar-refractivity contribution in [3.05, 3.63) is 93.2 Å². The summed E-state index contributed by atoms with van der Waals surface area (Å²) in [5.74, 6) is -2.39. The fourth-order valence-electron chi connectivity index (χ4n) is 7.83. The maximum Gasteiger partial charge on any atom is 0.363 e. The number of nitrogens with two attached hydrogens (primary N) is 1. The van der Waals surface area contributed by atoms with E-state index in [4.69, 9.17) is 28.2 Å². The van der Waals surface area contributed by atoms with Crippen LogP contribution in [0, 0.1) is 27.9 Å². The number of benzene rings is 3. The maximum absolute atomic E-state index is 13.6. The van der Waals surface area contributed by atoms with Crippen molar-refractivity contribution in [3.8, 4) is 5.75 Å². The van der Waals surface area contributed by atoms with Crippen LogP contribution in [-0.2, 0) is 35.8 Å². The van der Waals surface area contributed by atoms with E-state index >= 15 is 0 Å². The Balaban J connectivity index is 0.00000101. The Morgan fingerprint density at radius 1 is 1.04 bits per heavy atom. The number of nitrogens with zero attached hydrogens (tertiary/aromatic N) is 3. The molecule has 0 bridgehead atoms. The van der Waals surface area contributed by atoms with E-state index in [-0.39, 0.29) is 65.2 Å². The molecule has 6 rings (SSSR count). The van der Waals surface area contributed by atoms with Crippen LogP contribution in [0.3, 0.4) is 0 Å². The molecule has 3 aromatic rings. The van der Waals surface area contributed by atoms with Gasteiger partial charge >= 0.3 is 11.9 Å². The van der Waals surface area contributed by atoms with Crippen LogP contribution in [0.5, 0.6) is 5.75 Å². The number of carbonyl (C=O) groups excluding carboxylic acids is 4. The molecule has 15 nitrogen and oxygen atoms in total. The van der Waals surface area contributed by atoms with E-state index in [2.05, 4.69) is 7.05 Å². The third-order valence-electron chi connectivity index (χ3n) is 10.3.